The van der Waals surface area contributed by atoms with Gasteiger partial charge in [0.25, 0.3) is 5.91 Å². The topological polar surface area (TPSA) is 79.7 Å². The summed E-state index contributed by atoms with van der Waals surface area (Å²) in [5, 5.41) is 11.0. The Labute approximate surface area is 143 Å². The Bertz CT molecular complexity index is 745. The molecule has 2 unspecified atom stereocenters. The van der Waals surface area contributed by atoms with Crippen molar-refractivity contribution in [1.29, 1.82) is 0 Å². The van der Waals surface area contributed by atoms with Crippen molar-refractivity contribution in [3.63, 3.8) is 0 Å². The van der Waals surface area contributed by atoms with Gasteiger partial charge in [0, 0.05) is 34.8 Å². The maximum atomic E-state index is 13.0. The van der Waals surface area contributed by atoms with Crippen LogP contribution in [0.4, 0.5) is 4.79 Å². The SMILES string of the molecule is CC(C)CN1C(=O)c2ccccc2C(OC(=O)O)C1c1cnsc1. The molecule has 2 atom stereocenters. The summed E-state index contributed by atoms with van der Waals surface area (Å²) in [5.74, 6) is 0.125. The Morgan fingerprint density at radius 1 is 1.42 bits per heavy atom. The molecule has 0 saturated carbocycles. The van der Waals surface area contributed by atoms with E-state index in [9.17, 15) is 14.7 Å². The summed E-state index contributed by atoms with van der Waals surface area (Å²) in [6.07, 6.45) is -0.462. The van der Waals surface area contributed by atoms with Gasteiger partial charge in [-0.1, -0.05) is 32.0 Å². The van der Waals surface area contributed by atoms with Crippen LogP contribution in [0.5, 0.6) is 0 Å². The molecule has 2 heterocycles. The molecular formula is C17H18N2O4S. The van der Waals surface area contributed by atoms with Crippen LogP contribution in [0.2, 0.25) is 0 Å². The third kappa shape index (κ3) is 2.99. The molecule has 6 nitrogen and oxygen atoms in total. The molecule has 0 saturated heterocycles. The number of rotatable bonds is 4. The average molecular weight is 346 g/mol. The quantitative estimate of drug-likeness (QED) is 0.853. The molecule has 1 aromatic heterocycles. The number of hydrogen-bond donors (Lipinski definition) is 1. The van der Waals surface area contributed by atoms with E-state index in [1.54, 1.807) is 35.4 Å². The molecule has 3 rings (SSSR count). The largest absolute Gasteiger partial charge is 0.506 e. The lowest BCUT2D eigenvalue weighted by atomic mass is 9.87. The Morgan fingerprint density at radius 3 is 2.79 bits per heavy atom. The van der Waals surface area contributed by atoms with Gasteiger partial charge >= 0.3 is 6.16 Å². The van der Waals surface area contributed by atoms with Crippen molar-refractivity contribution < 1.29 is 19.4 Å². The van der Waals surface area contributed by atoms with Crippen LogP contribution in [0.1, 0.15) is 47.5 Å². The van der Waals surface area contributed by atoms with Crippen LogP contribution in [0.15, 0.2) is 35.8 Å². The van der Waals surface area contributed by atoms with E-state index < -0.39 is 18.3 Å². The highest BCUT2D eigenvalue weighted by molar-refractivity contribution is 7.03. The fourth-order valence-corrected chi connectivity index (χ4v) is 3.66. The van der Waals surface area contributed by atoms with Crippen LogP contribution in [-0.2, 0) is 4.74 Å². The van der Waals surface area contributed by atoms with E-state index in [1.165, 1.54) is 11.5 Å². The van der Waals surface area contributed by atoms with Gasteiger partial charge in [0.1, 0.15) is 6.04 Å². The van der Waals surface area contributed by atoms with Crippen molar-refractivity contribution in [2.75, 3.05) is 6.54 Å². The number of ether oxygens (including phenoxy) is 1. The second kappa shape index (κ2) is 6.60. The normalized spacial score (nSPS) is 20.1. The van der Waals surface area contributed by atoms with Gasteiger partial charge in [0.2, 0.25) is 0 Å². The molecule has 1 aliphatic rings. The van der Waals surface area contributed by atoms with Crippen LogP contribution in [0, 0.1) is 5.92 Å². The van der Waals surface area contributed by atoms with Crippen LogP contribution in [0.3, 0.4) is 0 Å². The number of fused-ring (bicyclic) bond motifs is 1. The van der Waals surface area contributed by atoms with E-state index in [4.69, 9.17) is 4.74 Å². The maximum Gasteiger partial charge on any atom is 0.506 e. The van der Waals surface area contributed by atoms with Crippen LogP contribution in [0.25, 0.3) is 0 Å². The fraction of sp³-hybridized carbons (Fsp3) is 0.353. The molecule has 0 aliphatic carbocycles. The van der Waals surface area contributed by atoms with Gasteiger partial charge in [0.05, 0.1) is 0 Å². The van der Waals surface area contributed by atoms with E-state index in [0.29, 0.717) is 17.7 Å². The smallest absolute Gasteiger partial charge is 0.450 e. The lowest BCUT2D eigenvalue weighted by Crippen LogP contribution is -2.45. The summed E-state index contributed by atoms with van der Waals surface area (Å²) in [6.45, 7) is 4.54. The number of carboxylic acid groups (broad SMARTS) is 1. The molecule has 1 aromatic carbocycles. The number of hydrogen-bond acceptors (Lipinski definition) is 5. The molecule has 1 amide bonds. The zero-order chi connectivity index (χ0) is 17.3. The van der Waals surface area contributed by atoms with Gasteiger partial charge in [-0.05, 0) is 23.5 Å². The van der Waals surface area contributed by atoms with Crippen molar-refractivity contribution in [2.24, 2.45) is 5.92 Å². The number of carbonyl (C=O) groups is 2. The van der Waals surface area contributed by atoms with Crippen LogP contribution >= 0.6 is 11.5 Å². The molecule has 1 aliphatic heterocycles. The van der Waals surface area contributed by atoms with Crippen molar-refractivity contribution in [3.05, 3.63) is 52.5 Å². The standard InChI is InChI=1S/C17H18N2O4S/c1-10(2)8-19-14(11-7-18-24-9-11)15(23-17(21)22)12-5-3-4-6-13(12)16(19)20/h3-7,9-10,14-15H,8H2,1-2H3,(H,21,22). The molecule has 7 heteroatoms. The first-order chi connectivity index (χ1) is 11.5. The van der Waals surface area contributed by atoms with Gasteiger partial charge < -0.3 is 14.7 Å². The van der Waals surface area contributed by atoms with Gasteiger partial charge in [0.15, 0.2) is 6.10 Å². The Balaban J connectivity index is 2.15. The van der Waals surface area contributed by atoms with Crippen molar-refractivity contribution in [3.8, 4) is 0 Å². The predicted molar refractivity (Wildman–Crippen MR) is 89.0 cm³/mol. The van der Waals surface area contributed by atoms with Crippen molar-refractivity contribution in [2.45, 2.75) is 26.0 Å². The van der Waals surface area contributed by atoms with E-state index >= 15 is 0 Å². The summed E-state index contributed by atoms with van der Waals surface area (Å²) in [4.78, 5) is 26.0. The molecule has 0 radical (unpaired) electrons. The molecular weight excluding hydrogens is 328 g/mol. The zero-order valence-corrected chi connectivity index (χ0v) is 14.2. The number of carbonyl (C=O) groups excluding carboxylic acids is 1. The van der Waals surface area contributed by atoms with Crippen molar-refractivity contribution >= 4 is 23.6 Å². The molecule has 0 bridgehead atoms. The van der Waals surface area contributed by atoms with Gasteiger partial charge in [-0.25, -0.2) is 9.17 Å². The lowest BCUT2D eigenvalue weighted by Gasteiger charge is -2.41. The first kappa shape index (κ1) is 16.4. The maximum absolute atomic E-state index is 13.0. The van der Waals surface area contributed by atoms with E-state index in [1.807, 2.05) is 19.2 Å². The molecule has 2 aromatic rings. The molecule has 1 N–H and O–H groups in total. The Morgan fingerprint density at radius 2 is 2.17 bits per heavy atom. The Hall–Kier alpha value is -2.41. The second-order valence-electron chi connectivity index (χ2n) is 6.15. The number of aromatic nitrogens is 1. The number of benzene rings is 1. The predicted octanol–water partition coefficient (Wildman–Crippen LogP) is 3.73. The van der Waals surface area contributed by atoms with Crippen LogP contribution in [-0.4, -0.2) is 33.0 Å². The van der Waals surface area contributed by atoms with E-state index in [-0.39, 0.29) is 11.8 Å². The first-order valence-corrected chi connectivity index (χ1v) is 8.51. The molecule has 0 spiro atoms. The highest BCUT2D eigenvalue weighted by Gasteiger charge is 2.43. The third-order valence-electron chi connectivity index (χ3n) is 3.96. The minimum absolute atomic E-state index is 0.110. The average Bonchev–Trinajstić information content (AvgIpc) is 3.05. The minimum atomic E-state index is -1.36. The monoisotopic (exact) mass is 346 g/mol. The minimum Gasteiger partial charge on any atom is -0.450 e. The molecule has 126 valence electrons. The Kier molecular flexibility index (Phi) is 4.53. The van der Waals surface area contributed by atoms with Gasteiger partial charge in [-0.15, -0.1) is 0 Å². The summed E-state index contributed by atoms with van der Waals surface area (Å²) in [7, 11) is 0. The van der Waals surface area contributed by atoms with E-state index in [2.05, 4.69) is 4.37 Å². The summed E-state index contributed by atoms with van der Waals surface area (Å²) in [6, 6.07) is 6.51. The summed E-state index contributed by atoms with van der Waals surface area (Å²) >= 11 is 1.27. The highest BCUT2D eigenvalue weighted by Crippen LogP contribution is 2.43. The second-order valence-corrected chi connectivity index (χ2v) is 6.80. The van der Waals surface area contributed by atoms with Gasteiger partial charge in [-0.3, -0.25) is 4.79 Å². The fourth-order valence-electron chi connectivity index (χ4n) is 3.09. The summed E-state index contributed by atoms with van der Waals surface area (Å²) in [5.41, 5.74) is 1.87. The van der Waals surface area contributed by atoms with Crippen LogP contribution < -0.4 is 0 Å². The third-order valence-corrected chi connectivity index (χ3v) is 4.57. The lowest BCUT2D eigenvalue weighted by molar-refractivity contribution is -0.00884. The van der Waals surface area contributed by atoms with Gasteiger partial charge in [-0.2, -0.15) is 0 Å². The molecule has 0 fully saturated rings. The first-order valence-electron chi connectivity index (χ1n) is 7.67. The number of amides is 1. The highest BCUT2D eigenvalue weighted by atomic mass is 32.1. The van der Waals surface area contributed by atoms with Crippen molar-refractivity contribution in [1.82, 2.24) is 9.27 Å². The van der Waals surface area contributed by atoms with E-state index in [0.717, 1.165) is 5.56 Å². The summed E-state index contributed by atoms with van der Waals surface area (Å²) < 4.78 is 9.32. The number of nitrogens with zero attached hydrogens (tertiary/aromatic N) is 2. The zero-order valence-electron chi connectivity index (χ0n) is 13.4. The molecule has 24 heavy (non-hydrogen) atoms.